The van der Waals surface area contributed by atoms with Crippen LogP contribution in [0.4, 0.5) is 0 Å². The first-order valence-electron chi connectivity index (χ1n) is 5.19. The molecule has 1 aromatic heterocycles. The first-order chi connectivity index (χ1) is 8.15. The minimum Gasteiger partial charge on any atom is -0.293 e. The second-order valence-corrected chi connectivity index (χ2v) is 4.47. The highest BCUT2D eigenvalue weighted by Crippen LogP contribution is 2.28. The molecule has 2 rings (SSSR count). The number of aromatic amines is 1. The summed E-state index contributed by atoms with van der Waals surface area (Å²) in [5, 5.41) is 7.67. The SMILES string of the molecule is C=CC(C)n1c(-c2ccccc2Cl)n[nH]c1=S. The maximum absolute atomic E-state index is 6.16. The van der Waals surface area contributed by atoms with Gasteiger partial charge in [-0.15, -0.1) is 6.58 Å². The number of H-pyrrole nitrogens is 1. The van der Waals surface area contributed by atoms with Crippen molar-refractivity contribution >= 4 is 23.8 Å². The van der Waals surface area contributed by atoms with Crippen LogP contribution in [0.15, 0.2) is 36.9 Å². The van der Waals surface area contributed by atoms with Crippen molar-refractivity contribution in [3.05, 3.63) is 46.7 Å². The molecule has 2 aromatic rings. The second kappa shape index (κ2) is 4.85. The molecule has 88 valence electrons. The Bertz CT molecular complexity index is 600. The highest BCUT2D eigenvalue weighted by molar-refractivity contribution is 7.71. The van der Waals surface area contributed by atoms with Crippen LogP contribution in [0.2, 0.25) is 5.02 Å². The van der Waals surface area contributed by atoms with Gasteiger partial charge in [-0.3, -0.25) is 9.67 Å². The molecular formula is C12H12ClN3S. The fraction of sp³-hybridized carbons (Fsp3) is 0.167. The van der Waals surface area contributed by atoms with Crippen molar-refractivity contribution in [3.8, 4) is 11.4 Å². The van der Waals surface area contributed by atoms with Crippen LogP contribution in [-0.4, -0.2) is 14.8 Å². The van der Waals surface area contributed by atoms with Gasteiger partial charge < -0.3 is 0 Å². The van der Waals surface area contributed by atoms with Crippen molar-refractivity contribution in [2.45, 2.75) is 13.0 Å². The summed E-state index contributed by atoms with van der Waals surface area (Å²) in [6.07, 6.45) is 1.81. The monoisotopic (exact) mass is 265 g/mol. The van der Waals surface area contributed by atoms with Crippen molar-refractivity contribution in [1.29, 1.82) is 0 Å². The average Bonchev–Trinajstić information content (AvgIpc) is 2.71. The van der Waals surface area contributed by atoms with E-state index >= 15 is 0 Å². The van der Waals surface area contributed by atoms with Gasteiger partial charge in [0, 0.05) is 5.56 Å². The zero-order valence-corrected chi connectivity index (χ0v) is 10.9. The summed E-state index contributed by atoms with van der Waals surface area (Å²) in [5.41, 5.74) is 0.857. The highest BCUT2D eigenvalue weighted by atomic mass is 35.5. The molecule has 0 aliphatic heterocycles. The summed E-state index contributed by atoms with van der Waals surface area (Å²) in [5.74, 6) is 0.730. The maximum atomic E-state index is 6.16. The van der Waals surface area contributed by atoms with Gasteiger partial charge >= 0.3 is 0 Å². The van der Waals surface area contributed by atoms with Gasteiger partial charge in [0.05, 0.1) is 11.1 Å². The van der Waals surface area contributed by atoms with Crippen molar-refractivity contribution in [2.75, 3.05) is 0 Å². The summed E-state index contributed by atoms with van der Waals surface area (Å²) in [4.78, 5) is 0. The van der Waals surface area contributed by atoms with Crippen LogP contribution in [0, 0.1) is 4.77 Å². The lowest BCUT2D eigenvalue weighted by molar-refractivity contribution is 0.657. The Morgan fingerprint density at radius 3 is 2.88 bits per heavy atom. The van der Waals surface area contributed by atoms with Gasteiger partial charge in [-0.2, -0.15) is 5.10 Å². The van der Waals surface area contributed by atoms with Crippen molar-refractivity contribution in [2.24, 2.45) is 0 Å². The summed E-state index contributed by atoms with van der Waals surface area (Å²) in [6, 6.07) is 7.61. The number of hydrogen-bond donors (Lipinski definition) is 1. The molecule has 0 amide bonds. The lowest BCUT2D eigenvalue weighted by Crippen LogP contribution is -2.04. The van der Waals surface area contributed by atoms with Crippen LogP contribution < -0.4 is 0 Å². The lowest BCUT2D eigenvalue weighted by atomic mass is 10.2. The van der Waals surface area contributed by atoms with E-state index in [9.17, 15) is 0 Å². The first-order valence-corrected chi connectivity index (χ1v) is 5.98. The molecule has 0 saturated heterocycles. The van der Waals surface area contributed by atoms with Crippen LogP contribution in [-0.2, 0) is 0 Å². The number of nitrogens with zero attached hydrogens (tertiary/aromatic N) is 2. The lowest BCUT2D eigenvalue weighted by Gasteiger charge is -2.11. The van der Waals surface area contributed by atoms with Gasteiger partial charge in [-0.25, -0.2) is 0 Å². The number of rotatable bonds is 3. The van der Waals surface area contributed by atoms with E-state index in [2.05, 4.69) is 16.8 Å². The van der Waals surface area contributed by atoms with Gasteiger partial charge in [0.1, 0.15) is 0 Å². The molecule has 0 aliphatic carbocycles. The van der Waals surface area contributed by atoms with Gasteiger partial charge in [0.2, 0.25) is 0 Å². The van der Waals surface area contributed by atoms with Crippen LogP contribution in [0.5, 0.6) is 0 Å². The number of hydrogen-bond acceptors (Lipinski definition) is 2. The Morgan fingerprint density at radius 1 is 1.53 bits per heavy atom. The second-order valence-electron chi connectivity index (χ2n) is 3.68. The Labute approximate surface area is 110 Å². The first kappa shape index (κ1) is 12.1. The van der Waals surface area contributed by atoms with E-state index in [0.29, 0.717) is 9.79 Å². The fourth-order valence-electron chi connectivity index (χ4n) is 1.62. The van der Waals surface area contributed by atoms with E-state index in [1.165, 1.54) is 0 Å². The third-order valence-corrected chi connectivity index (χ3v) is 3.19. The molecule has 0 bridgehead atoms. The molecule has 17 heavy (non-hydrogen) atoms. The summed E-state index contributed by atoms with van der Waals surface area (Å²) in [7, 11) is 0. The molecule has 1 aromatic carbocycles. The van der Waals surface area contributed by atoms with Gasteiger partial charge in [-0.05, 0) is 31.3 Å². The number of aromatic nitrogens is 3. The normalized spacial score (nSPS) is 12.4. The van der Waals surface area contributed by atoms with E-state index in [1.807, 2.05) is 41.8 Å². The van der Waals surface area contributed by atoms with E-state index in [4.69, 9.17) is 23.8 Å². The van der Waals surface area contributed by atoms with Crippen molar-refractivity contribution in [1.82, 2.24) is 14.8 Å². The minimum atomic E-state index is 0.0625. The van der Waals surface area contributed by atoms with E-state index in [1.54, 1.807) is 0 Å². The molecule has 1 N–H and O–H groups in total. The fourth-order valence-corrected chi connectivity index (χ4v) is 2.14. The van der Waals surface area contributed by atoms with Crippen LogP contribution in [0.3, 0.4) is 0 Å². The Morgan fingerprint density at radius 2 is 2.24 bits per heavy atom. The predicted molar refractivity (Wildman–Crippen MR) is 72.8 cm³/mol. The zero-order valence-electron chi connectivity index (χ0n) is 9.35. The predicted octanol–water partition coefficient (Wildman–Crippen LogP) is 4.01. The number of nitrogens with one attached hydrogen (secondary N) is 1. The van der Waals surface area contributed by atoms with Crippen LogP contribution in [0.1, 0.15) is 13.0 Å². The maximum Gasteiger partial charge on any atom is 0.195 e. The molecule has 1 unspecified atom stereocenters. The van der Waals surface area contributed by atoms with Crippen molar-refractivity contribution < 1.29 is 0 Å². The van der Waals surface area contributed by atoms with Gasteiger partial charge in [-0.1, -0.05) is 29.8 Å². The third-order valence-electron chi connectivity index (χ3n) is 2.57. The van der Waals surface area contributed by atoms with Gasteiger partial charge in [0.25, 0.3) is 0 Å². The molecule has 5 heteroatoms. The van der Waals surface area contributed by atoms with E-state index in [0.717, 1.165) is 11.4 Å². The summed E-state index contributed by atoms with van der Waals surface area (Å²) < 4.78 is 2.45. The van der Waals surface area contributed by atoms with Gasteiger partial charge in [0.15, 0.2) is 10.6 Å². The van der Waals surface area contributed by atoms with E-state index < -0.39 is 0 Å². The number of allylic oxidation sites excluding steroid dienone is 1. The molecule has 1 atom stereocenters. The van der Waals surface area contributed by atoms with Crippen LogP contribution >= 0.6 is 23.8 Å². The highest BCUT2D eigenvalue weighted by Gasteiger charge is 2.14. The number of halogens is 1. The Kier molecular flexibility index (Phi) is 3.45. The summed E-state index contributed by atoms with van der Waals surface area (Å²) in [6.45, 7) is 5.77. The molecule has 0 fully saturated rings. The molecule has 0 saturated carbocycles. The molecule has 3 nitrogen and oxygen atoms in total. The summed E-state index contributed by atoms with van der Waals surface area (Å²) >= 11 is 11.4. The Balaban J connectivity index is 2.65. The Hall–Kier alpha value is -1.39. The zero-order chi connectivity index (χ0) is 12.4. The standard InChI is InChI=1S/C12H12ClN3S/c1-3-8(2)16-11(14-15-12(16)17)9-6-4-5-7-10(9)13/h3-8H,1H2,2H3,(H,15,17). The molecule has 0 aliphatic rings. The molecule has 0 spiro atoms. The minimum absolute atomic E-state index is 0.0625. The van der Waals surface area contributed by atoms with E-state index in [-0.39, 0.29) is 6.04 Å². The topological polar surface area (TPSA) is 33.6 Å². The molecule has 1 heterocycles. The quantitative estimate of drug-likeness (QED) is 0.672. The largest absolute Gasteiger partial charge is 0.293 e. The third kappa shape index (κ3) is 2.18. The molecular weight excluding hydrogens is 254 g/mol. The van der Waals surface area contributed by atoms with Crippen molar-refractivity contribution in [3.63, 3.8) is 0 Å². The smallest absolute Gasteiger partial charge is 0.195 e. The average molecular weight is 266 g/mol. The molecule has 0 radical (unpaired) electrons. The number of benzene rings is 1. The van der Waals surface area contributed by atoms with Crippen LogP contribution in [0.25, 0.3) is 11.4 Å².